The standard InChI is InChI=1S/C12H16O4S/c1-9(8-13)17-7-6-16-11-5-3-2-4-10(11)12(14)15/h2-5,9,13H,6-8H2,1H3,(H,14,15). The second-order valence-corrected chi connectivity index (χ2v) is 5.06. The first-order valence-electron chi connectivity index (χ1n) is 5.32. The third-order valence-corrected chi connectivity index (χ3v) is 3.24. The molecule has 1 atom stereocenters. The van der Waals surface area contributed by atoms with Gasteiger partial charge in [-0.25, -0.2) is 4.79 Å². The smallest absolute Gasteiger partial charge is 0.339 e. The predicted molar refractivity (Wildman–Crippen MR) is 67.9 cm³/mol. The minimum Gasteiger partial charge on any atom is -0.492 e. The zero-order valence-electron chi connectivity index (χ0n) is 9.63. The van der Waals surface area contributed by atoms with Crippen molar-refractivity contribution >= 4 is 17.7 Å². The van der Waals surface area contributed by atoms with Gasteiger partial charge in [0.05, 0.1) is 13.2 Å². The van der Waals surface area contributed by atoms with E-state index in [-0.39, 0.29) is 17.4 Å². The number of para-hydroxylation sites is 1. The molecule has 1 aromatic carbocycles. The zero-order valence-corrected chi connectivity index (χ0v) is 10.4. The molecule has 4 nitrogen and oxygen atoms in total. The molecule has 1 unspecified atom stereocenters. The van der Waals surface area contributed by atoms with E-state index in [2.05, 4.69) is 0 Å². The van der Waals surface area contributed by atoms with Gasteiger partial charge in [-0.15, -0.1) is 0 Å². The molecule has 2 N–H and O–H groups in total. The van der Waals surface area contributed by atoms with Crippen molar-refractivity contribution in [3.8, 4) is 5.75 Å². The molecule has 1 rings (SSSR count). The van der Waals surface area contributed by atoms with Gasteiger partial charge in [-0.2, -0.15) is 11.8 Å². The summed E-state index contributed by atoms with van der Waals surface area (Å²) in [6, 6.07) is 6.56. The molecule has 0 aliphatic rings. The number of aliphatic hydroxyl groups is 1. The molecule has 0 aliphatic carbocycles. The van der Waals surface area contributed by atoms with E-state index in [0.29, 0.717) is 12.4 Å². The summed E-state index contributed by atoms with van der Waals surface area (Å²) < 4.78 is 5.41. The topological polar surface area (TPSA) is 66.8 Å². The highest BCUT2D eigenvalue weighted by atomic mass is 32.2. The van der Waals surface area contributed by atoms with Crippen molar-refractivity contribution in [2.24, 2.45) is 0 Å². The number of hydrogen-bond acceptors (Lipinski definition) is 4. The van der Waals surface area contributed by atoms with Crippen LogP contribution in [0.25, 0.3) is 0 Å². The Morgan fingerprint density at radius 2 is 2.18 bits per heavy atom. The quantitative estimate of drug-likeness (QED) is 0.729. The van der Waals surface area contributed by atoms with Crippen LogP contribution < -0.4 is 4.74 Å². The number of rotatable bonds is 7. The average Bonchev–Trinajstić information content (AvgIpc) is 2.34. The Hall–Kier alpha value is -1.20. The Morgan fingerprint density at radius 1 is 1.47 bits per heavy atom. The number of carboxylic acid groups (broad SMARTS) is 1. The number of carboxylic acids is 1. The lowest BCUT2D eigenvalue weighted by Crippen LogP contribution is -2.09. The maximum Gasteiger partial charge on any atom is 0.339 e. The van der Waals surface area contributed by atoms with Crippen LogP contribution in [0.15, 0.2) is 24.3 Å². The zero-order chi connectivity index (χ0) is 12.7. The van der Waals surface area contributed by atoms with Crippen molar-refractivity contribution in [1.82, 2.24) is 0 Å². The van der Waals surface area contributed by atoms with Crippen molar-refractivity contribution in [3.05, 3.63) is 29.8 Å². The number of ether oxygens (including phenoxy) is 1. The van der Waals surface area contributed by atoms with Crippen LogP contribution >= 0.6 is 11.8 Å². The molecular weight excluding hydrogens is 240 g/mol. The minimum absolute atomic E-state index is 0.135. The summed E-state index contributed by atoms with van der Waals surface area (Å²) in [5, 5.41) is 17.9. The number of thioether (sulfide) groups is 1. The average molecular weight is 256 g/mol. The van der Waals surface area contributed by atoms with Crippen molar-refractivity contribution in [2.45, 2.75) is 12.2 Å². The van der Waals surface area contributed by atoms with E-state index in [4.69, 9.17) is 14.9 Å². The second kappa shape index (κ2) is 7.19. The fourth-order valence-corrected chi connectivity index (χ4v) is 1.91. The van der Waals surface area contributed by atoms with E-state index < -0.39 is 5.97 Å². The Morgan fingerprint density at radius 3 is 2.82 bits per heavy atom. The van der Waals surface area contributed by atoms with E-state index in [1.54, 1.807) is 30.0 Å². The summed E-state index contributed by atoms with van der Waals surface area (Å²) in [5.74, 6) is 0.115. The molecule has 0 heterocycles. The number of aliphatic hydroxyl groups excluding tert-OH is 1. The molecule has 0 fully saturated rings. The van der Waals surface area contributed by atoms with Crippen molar-refractivity contribution in [2.75, 3.05) is 19.0 Å². The fraction of sp³-hybridized carbons (Fsp3) is 0.417. The molecule has 0 bridgehead atoms. The van der Waals surface area contributed by atoms with Crippen LogP contribution in [0, 0.1) is 0 Å². The first-order chi connectivity index (χ1) is 8.15. The molecule has 0 amide bonds. The number of carbonyl (C=O) groups is 1. The molecule has 0 aromatic heterocycles. The van der Waals surface area contributed by atoms with E-state index in [1.807, 2.05) is 6.92 Å². The third-order valence-electron chi connectivity index (χ3n) is 2.12. The molecule has 0 aliphatic heterocycles. The van der Waals surface area contributed by atoms with Crippen LogP contribution in [0.5, 0.6) is 5.75 Å². The molecule has 0 saturated heterocycles. The molecule has 17 heavy (non-hydrogen) atoms. The van der Waals surface area contributed by atoms with Gasteiger partial charge in [-0.3, -0.25) is 0 Å². The number of aromatic carboxylic acids is 1. The summed E-state index contributed by atoms with van der Waals surface area (Å²) in [7, 11) is 0. The molecule has 0 saturated carbocycles. The Bertz CT molecular complexity index is 367. The monoisotopic (exact) mass is 256 g/mol. The highest BCUT2D eigenvalue weighted by molar-refractivity contribution is 7.99. The highest BCUT2D eigenvalue weighted by Crippen LogP contribution is 2.18. The minimum atomic E-state index is -0.989. The maximum absolute atomic E-state index is 10.9. The summed E-state index contributed by atoms with van der Waals surface area (Å²) in [5.41, 5.74) is 0.174. The van der Waals surface area contributed by atoms with Gasteiger partial charge in [0.25, 0.3) is 0 Å². The maximum atomic E-state index is 10.9. The Labute approximate surface area is 105 Å². The molecule has 0 spiro atoms. The molecule has 0 radical (unpaired) electrons. The predicted octanol–water partition coefficient (Wildman–Crippen LogP) is 1.88. The van der Waals surface area contributed by atoms with Crippen LogP contribution in [0.4, 0.5) is 0 Å². The summed E-state index contributed by atoms with van der Waals surface area (Å²) in [6.07, 6.45) is 0. The number of benzene rings is 1. The van der Waals surface area contributed by atoms with Gasteiger partial charge in [0.1, 0.15) is 11.3 Å². The molecule has 94 valence electrons. The SMILES string of the molecule is CC(CO)SCCOc1ccccc1C(=O)O. The molecular formula is C12H16O4S. The van der Waals surface area contributed by atoms with E-state index >= 15 is 0 Å². The highest BCUT2D eigenvalue weighted by Gasteiger charge is 2.09. The Balaban J connectivity index is 2.44. The third kappa shape index (κ3) is 4.66. The van der Waals surface area contributed by atoms with Gasteiger partial charge in [0.15, 0.2) is 0 Å². The summed E-state index contributed by atoms with van der Waals surface area (Å²) in [6.45, 7) is 2.49. The van der Waals surface area contributed by atoms with Crippen LogP contribution in [0.2, 0.25) is 0 Å². The Kier molecular flexibility index (Phi) is 5.86. The summed E-state index contributed by atoms with van der Waals surface area (Å²) >= 11 is 1.59. The van der Waals surface area contributed by atoms with Crippen LogP contribution in [0.3, 0.4) is 0 Å². The number of hydrogen-bond donors (Lipinski definition) is 2. The van der Waals surface area contributed by atoms with Gasteiger partial charge in [0.2, 0.25) is 0 Å². The van der Waals surface area contributed by atoms with Crippen molar-refractivity contribution < 1.29 is 19.7 Å². The fourth-order valence-electron chi connectivity index (χ4n) is 1.22. The van der Waals surface area contributed by atoms with Gasteiger partial charge in [-0.1, -0.05) is 19.1 Å². The molecule has 5 heteroatoms. The van der Waals surface area contributed by atoms with Gasteiger partial charge in [0, 0.05) is 11.0 Å². The van der Waals surface area contributed by atoms with E-state index in [9.17, 15) is 4.79 Å². The van der Waals surface area contributed by atoms with E-state index in [0.717, 1.165) is 5.75 Å². The van der Waals surface area contributed by atoms with E-state index in [1.165, 1.54) is 6.07 Å². The second-order valence-electron chi connectivity index (χ2n) is 3.51. The largest absolute Gasteiger partial charge is 0.492 e. The molecule has 1 aromatic rings. The first kappa shape index (κ1) is 13.9. The van der Waals surface area contributed by atoms with Gasteiger partial charge < -0.3 is 14.9 Å². The lowest BCUT2D eigenvalue weighted by atomic mass is 10.2. The van der Waals surface area contributed by atoms with Crippen LogP contribution in [-0.2, 0) is 0 Å². The lowest BCUT2D eigenvalue weighted by molar-refractivity contribution is 0.0692. The summed E-state index contributed by atoms with van der Waals surface area (Å²) in [4.78, 5) is 10.9. The first-order valence-corrected chi connectivity index (χ1v) is 6.37. The van der Waals surface area contributed by atoms with Gasteiger partial charge >= 0.3 is 5.97 Å². The van der Waals surface area contributed by atoms with Crippen LogP contribution in [0.1, 0.15) is 17.3 Å². The van der Waals surface area contributed by atoms with Crippen LogP contribution in [-0.4, -0.2) is 40.4 Å². The van der Waals surface area contributed by atoms with Crippen molar-refractivity contribution in [3.63, 3.8) is 0 Å². The van der Waals surface area contributed by atoms with Crippen molar-refractivity contribution in [1.29, 1.82) is 0 Å². The van der Waals surface area contributed by atoms with Gasteiger partial charge in [-0.05, 0) is 12.1 Å². The normalized spacial score (nSPS) is 12.1. The lowest BCUT2D eigenvalue weighted by Gasteiger charge is -2.10.